The van der Waals surface area contributed by atoms with Gasteiger partial charge in [-0.1, -0.05) is 0 Å². The minimum absolute atomic E-state index is 0.0144. The van der Waals surface area contributed by atoms with Crippen molar-refractivity contribution in [2.75, 3.05) is 13.1 Å². The van der Waals surface area contributed by atoms with Crippen molar-refractivity contribution in [1.82, 2.24) is 10.2 Å². The van der Waals surface area contributed by atoms with Crippen molar-refractivity contribution >= 4 is 32.8 Å². The Labute approximate surface area is 138 Å². The fourth-order valence-corrected chi connectivity index (χ4v) is 4.32. The number of hydrogen-bond acceptors (Lipinski definition) is 3. The summed E-state index contributed by atoms with van der Waals surface area (Å²) < 4.78 is 6.29. The second-order valence-electron chi connectivity index (χ2n) is 6.41. The Morgan fingerprint density at radius 3 is 2.86 bits per heavy atom. The number of benzene rings is 1. The van der Waals surface area contributed by atoms with Crippen LogP contribution in [-0.4, -0.2) is 36.0 Å². The summed E-state index contributed by atoms with van der Waals surface area (Å²) >= 11 is 3.45. The number of nitrogens with zero attached hydrogens (tertiary/aromatic N) is 1. The molecule has 0 saturated carbocycles. The Kier molecular flexibility index (Phi) is 3.50. The van der Waals surface area contributed by atoms with Gasteiger partial charge < -0.3 is 9.73 Å². The molecule has 22 heavy (non-hydrogen) atoms. The van der Waals surface area contributed by atoms with E-state index in [0.717, 1.165) is 15.4 Å². The van der Waals surface area contributed by atoms with Crippen molar-refractivity contribution < 1.29 is 9.21 Å². The summed E-state index contributed by atoms with van der Waals surface area (Å²) in [4.78, 5) is 15.1. The number of amides is 1. The first-order chi connectivity index (χ1) is 10.6. The molecule has 3 saturated heterocycles. The maximum Gasteiger partial charge on any atom is 0.251 e. The van der Waals surface area contributed by atoms with Crippen LogP contribution in [0.4, 0.5) is 0 Å². The van der Waals surface area contributed by atoms with Crippen molar-refractivity contribution in [3.8, 4) is 0 Å². The molecule has 1 aromatic carbocycles. The highest BCUT2D eigenvalue weighted by Gasteiger charge is 2.40. The molecule has 0 radical (unpaired) electrons. The van der Waals surface area contributed by atoms with E-state index in [4.69, 9.17) is 4.42 Å². The topological polar surface area (TPSA) is 45.5 Å². The fraction of sp³-hybridized carbons (Fsp3) is 0.471. The lowest BCUT2D eigenvalue weighted by Gasteiger charge is -2.49. The number of piperidine rings is 3. The van der Waals surface area contributed by atoms with Gasteiger partial charge in [-0.2, -0.15) is 0 Å². The first kappa shape index (κ1) is 14.3. The third-order valence-electron chi connectivity index (χ3n) is 5.26. The van der Waals surface area contributed by atoms with Crippen LogP contribution in [0.5, 0.6) is 0 Å². The lowest BCUT2D eigenvalue weighted by Crippen LogP contribution is -2.62. The number of halogens is 1. The Morgan fingerprint density at radius 1 is 1.36 bits per heavy atom. The average molecular weight is 363 g/mol. The molecule has 1 amide bonds. The Morgan fingerprint density at radius 2 is 2.14 bits per heavy atom. The van der Waals surface area contributed by atoms with Crippen LogP contribution in [0.1, 0.15) is 30.1 Å². The van der Waals surface area contributed by atoms with Gasteiger partial charge in [-0.05, 0) is 72.9 Å². The molecule has 2 bridgehead atoms. The van der Waals surface area contributed by atoms with Crippen molar-refractivity contribution in [3.63, 3.8) is 0 Å². The standard InChI is InChI=1S/C17H19BrN2O2/c1-10-16(11-4-6-20(10)7-5-11)19-17(21)12-2-3-15-13(8-12)14(18)9-22-15/h2-3,8-11,16H,4-7H2,1H3,(H,19,21). The van der Waals surface area contributed by atoms with Gasteiger partial charge in [-0.25, -0.2) is 0 Å². The summed E-state index contributed by atoms with van der Waals surface area (Å²) in [5, 5.41) is 4.21. The third-order valence-corrected chi connectivity index (χ3v) is 5.88. The zero-order valence-electron chi connectivity index (χ0n) is 12.5. The molecule has 5 heteroatoms. The van der Waals surface area contributed by atoms with E-state index in [1.807, 2.05) is 18.2 Å². The summed E-state index contributed by atoms with van der Waals surface area (Å²) in [5.41, 5.74) is 1.48. The van der Waals surface area contributed by atoms with Crippen molar-refractivity contribution in [1.29, 1.82) is 0 Å². The van der Waals surface area contributed by atoms with Crippen molar-refractivity contribution in [3.05, 3.63) is 34.5 Å². The first-order valence-corrected chi connectivity index (χ1v) is 8.64. The molecule has 2 atom stereocenters. The smallest absolute Gasteiger partial charge is 0.251 e. The number of furan rings is 1. The summed E-state index contributed by atoms with van der Waals surface area (Å²) in [6, 6.07) is 6.28. The Hall–Kier alpha value is -1.33. The van der Waals surface area contributed by atoms with Gasteiger partial charge in [-0.15, -0.1) is 0 Å². The number of carbonyl (C=O) groups excluding carboxylic acids is 1. The van der Waals surface area contributed by atoms with Gasteiger partial charge in [0.15, 0.2) is 0 Å². The van der Waals surface area contributed by atoms with Crippen molar-refractivity contribution in [2.45, 2.75) is 31.8 Å². The van der Waals surface area contributed by atoms with E-state index in [9.17, 15) is 4.79 Å². The zero-order valence-corrected chi connectivity index (χ0v) is 14.1. The minimum Gasteiger partial charge on any atom is -0.463 e. The van der Waals surface area contributed by atoms with Gasteiger partial charge in [0, 0.05) is 23.0 Å². The van der Waals surface area contributed by atoms with E-state index >= 15 is 0 Å². The van der Waals surface area contributed by atoms with Gasteiger partial charge in [-0.3, -0.25) is 9.69 Å². The molecule has 3 fully saturated rings. The number of hydrogen-bond donors (Lipinski definition) is 1. The van der Waals surface area contributed by atoms with Crippen LogP contribution >= 0.6 is 15.9 Å². The van der Waals surface area contributed by atoms with E-state index in [1.54, 1.807) is 6.26 Å². The highest BCUT2D eigenvalue weighted by Crippen LogP contribution is 2.32. The van der Waals surface area contributed by atoms with E-state index in [2.05, 4.69) is 33.1 Å². The van der Waals surface area contributed by atoms with Gasteiger partial charge in [0.2, 0.25) is 0 Å². The average Bonchev–Trinajstić information content (AvgIpc) is 2.92. The predicted molar refractivity (Wildman–Crippen MR) is 88.9 cm³/mol. The Bertz CT molecular complexity index is 717. The van der Waals surface area contributed by atoms with Crippen LogP contribution in [-0.2, 0) is 0 Å². The maximum atomic E-state index is 12.6. The summed E-state index contributed by atoms with van der Waals surface area (Å²) in [5.74, 6) is 0.633. The van der Waals surface area contributed by atoms with E-state index in [0.29, 0.717) is 17.5 Å². The predicted octanol–water partition coefficient (Wildman–Crippen LogP) is 3.41. The zero-order chi connectivity index (χ0) is 15.3. The van der Waals surface area contributed by atoms with Crippen LogP contribution in [0.25, 0.3) is 11.0 Å². The van der Waals surface area contributed by atoms with Crippen LogP contribution in [0.3, 0.4) is 0 Å². The third kappa shape index (κ3) is 2.27. The number of fused-ring (bicyclic) bond motifs is 4. The molecule has 116 valence electrons. The minimum atomic E-state index is 0.0144. The second-order valence-corrected chi connectivity index (χ2v) is 7.26. The maximum absolute atomic E-state index is 12.6. The molecule has 5 rings (SSSR count). The number of nitrogens with one attached hydrogen (secondary N) is 1. The van der Waals surface area contributed by atoms with Crippen LogP contribution in [0.15, 0.2) is 33.4 Å². The molecule has 0 aliphatic carbocycles. The first-order valence-electron chi connectivity index (χ1n) is 7.85. The number of carbonyl (C=O) groups is 1. The van der Waals surface area contributed by atoms with E-state index < -0.39 is 0 Å². The lowest BCUT2D eigenvalue weighted by atomic mass is 9.79. The monoisotopic (exact) mass is 362 g/mol. The van der Waals surface area contributed by atoms with Gasteiger partial charge >= 0.3 is 0 Å². The molecule has 4 heterocycles. The molecule has 3 aliphatic rings. The molecule has 0 spiro atoms. The molecule has 1 aromatic heterocycles. The summed E-state index contributed by atoms with van der Waals surface area (Å²) in [6.07, 6.45) is 4.05. The van der Waals surface area contributed by atoms with Crippen LogP contribution in [0, 0.1) is 5.92 Å². The van der Waals surface area contributed by atoms with E-state index in [-0.39, 0.29) is 11.9 Å². The molecular formula is C17H19BrN2O2. The molecule has 1 N–H and O–H groups in total. The van der Waals surface area contributed by atoms with Crippen LogP contribution < -0.4 is 5.32 Å². The highest BCUT2D eigenvalue weighted by molar-refractivity contribution is 9.10. The molecule has 4 nitrogen and oxygen atoms in total. The molecule has 2 unspecified atom stereocenters. The van der Waals surface area contributed by atoms with E-state index in [1.165, 1.54) is 25.9 Å². The highest BCUT2D eigenvalue weighted by atomic mass is 79.9. The molecular weight excluding hydrogens is 344 g/mol. The van der Waals surface area contributed by atoms with Gasteiger partial charge in [0.1, 0.15) is 11.8 Å². The molecule has 2 aromatic rings. The quantitative estimate of drug-likeness (QED) is 0.890. The number of rotatable bonds is 2. The largest absolute Gasteiger partial charge is 0.463 e. The lowest BCUT2D eigenvalue weighted by molar-refractivity contribution is 0.0217. The summed E-state index contributed by atoms with van der Waals surface area (Å²) in [6.45, 7) is 4.57. The van der Waals surface area contributed by atoms with Crippen molar-refractivity contribution in [2.24, 2.45) is 5.92 Å². The normalized spacial score (nSPS) is 30.6. The Balaban J connectivity index is 1.57. The molecule has 3 aliphatic heterocycles. The van der Waals surface area contributed by atoms with Crippen LogP contribution in [0.2, 0.25) is 0 Å². The second kappa shape index (κ2) is 5.39. The van der Waals surface area contributed by atoms with Gasteiger partial charge in [0.05, 0.1) is 4.47 Å². The SMILES string of the molecule is CC1C(NC(=O)c2ccc3occ(Br)c3c2)C2CCN1CC2. The van der Waals surface area contributed by atoms with Gasteiger partial charge in [0.25, 0.3) is 5.91 Å². The fourth-order valence-electron chi connectivity index (χ4n) is 3.92. The summed E-state index contributed by atoms with van der Waals surface area (Å²) in [7, 11) is 0.